The molecule has 0 spiro atoms. The lowest BCUT2D eigenvalue weighted by atomic mass is 10.0. The molecule has 1 rings (SSSR count). The summed E-state index contributed by atoms with van der Waals surface area (Å²) in [4.78, 5) is 2.87. The minimum absolute atomic E-state index is 0.871. The van der Waals surface area contributed by atoms with E-state index in [-0.39, 0.29) is 0 Å². The number of thiophene rings is 1. The van der Waals surface area contributed by atoms with Gasteiger partial charge in [0.25, 0.3) is 0 Å². The van der Waals surface area contributed by atoms with Crippen molar-refractivity contribution in [2.45, 2.75) is 59.4 Å². The van der Waals surface area contributed by atoms with E-state index in [0.717, 1.165) is 12.5 Å². The number of rotatable bonds is 9. The van der Waals surface area contributed by atoms with Crippen LogP contribution in [-0.4, -0.2) is 6.54 Å². The lowest BCUT2D eigenvalue weighted by molar-refractivity contribution is 0.512. The molecule has 2 heteroatoms. The smallest absolute Gasteiger partial charge is 0.0299 e. The van der Waals surface area contributed by atoms with Gasteiger partial charge in [-0.1, -0.05) is 39.5 Å². The van der Waals surface area contributed by atoms with Crippen molar-refractivity contribution in [1.29, 1.82) is 0 Å². The predicted molar refractivity (Wildman–Crippen MR) is 78.7 cm³/mol. The quantitative estimate of drug-likeness (QED) is 0.626. The fraction of sp³-hybridized carbons (Fsp3) is 0.733. The SMILES string of the molecule is Cc1ccc(CNCCCCCCC(C)C)s1. The van der Waals surface area contributed by atoms with Gasteiger partial charge in [0.1, 0.15) is 0 Å². The predicted octanol–water partition coefficient (Wildman–Crippen LogP) is 4.75. The van der Waals surface area contributed by atoms with Crippen LogP contribution in [0.15, 0.2) is 12.1 Å². The van der Waals surface area contributed by atoms with Gasteiger partial charge in [0, 0.05) is 16.3 Å². The zero-order chi connectivity index (χ0) is 12.5. The second-order valence-electron chi connectivity index (χ2n) is 5.29. The molecule has 0 aromatic carbocycles. The summed E-state index contributed by atoms with van der Waals surface area (Å²) in [6.45, 7) is 9.00. The maximum absolute atomic E-state index is 3.53. The highest BCUT2D eigenvalue weighted by atomic mass is 32.1. The third kappa shape index (κ3) is 7.56. The first-order valence-corrected chi connectivity index (χ1v) is 7.76. The molecule has 1 N–H and O–H groups in total. The number of aryl methyl sites for hydroxylation is 1. The van der Waals surface area contributed by atoms with Gasteiger partial charge in [0.15, 0.2) is 0 Å². The van der Waals surface area contributed by atoms with E-state index in [1.807, 2.05) is 11.3 Å². The summed E-state index contributed by atoms with van der Waals surface area (Å²) in [6, 6.07) is 4.43. The average molecular weight is 253 g/mol. The van der Waals surface area contributed by atoms with Crippen LogP contribution in [0.3, 0.4) is 0 Å². The molecule has 0 saturated carbocycles. The Morgan fingerprint density at radius 3 is 2.53 bits per heavy atom. The van der Waals surface area contributed by atoms with Gasteiger partial charge in [-0.15, -0.1) is 11.3 Å². The van der Waals surface area contributed by atoms with Crippen LogP contribution < -0.4 is 5.32 Å². The van der Waals surface area contributed by atoms with Crippen molar-refractivity contribution < 1.29 is 0 Å². The van der Waals surface area contributed by atoms with Crippen molar-refractivity contribution in [2.75, 3.05) is 6.54 Å². The minimum atomic E-state index is 0.871. The van der Waals surface area contributed by atoms with E-state index in [1.54, 1.807) is 0 Å². The Hall–Kier alpha value is -0.340. The molecule has 17 heavy (non-hydrogen) atoms. The first-order valence-electron chi connectivity index (χ1n) is 6.94. The first-order chi connectivity index (χ1) is 8.18. The Bertz CT molecular complexity index is 291. The fourth-order valence-corrected chi connectivity index (χ4v) is 2.81. The first kappa shape index (κ1) is 14.7. The van der Waals surface area contributed by atoms with Crippen molar-refractivity contribution >= 4 is 11.3 Å². The van der Waals surface area contributed by atoms with E-state index in [2.05, 4.69) is 38.2 Å². The van der Waals surface area contributed by atoms with Crippen molar-refractivity contribution in [2.24, 2.45) is 5.92 Å². The molecule has 0 saturated heterocycles. The fourth-order valence-electron chi connectivity index (χ4n) is 1.95. The zero-order valence-corrected chi connectivity index (χ0v) is 12.4. The highest BCUT2D eigenvalue weighted by Gasteiger charge is 1.97. The molecule has 0 aliphatic heterocycles. The Morgan fingerprint density at radius 1 is 1.12 bits per heavy atom. The van der Waals surface area contributed by atoms with Gasteiger partial charge < -0.3 is 5.32 Å². The van der Waals surface area contributed by atoms with E-state index >= 15 is 0 Å². The van der Waals surface area contributed by atoms with Crippen LogP contribution in [0.4, 0.5) is 0 Å². The van der Waals surface area contributed by atoms with Gasteiger partial charge >= 0.3 is 0 Å². The molecule has 0 radical (unpaired) electrons. The summed E-state index contributed by atoms with van der Waals surface area (Å²) < 4.78 is 0. The lowest BCUT2D eigenvalue weighted by Crippen LogP contribution is -2.13. The molecule has 0 aliphatic rings. The second kappa shape index (κ2) is 8.71. The molecule has 1 aromatic heterocycles. The zero-order valence-electron chi connectivity index (χ0n) is 11.6. The Labute approximate surface area is 111 Å². The highest BCUT2D eigenvalue weighted by Crippen LogP contribution is 2.14. The van der Waals surface area contributed by atoms with Gasteiger partial charge in [-0.25, -0.2) is 0 Å². The molecule has 0 atom stereocenters. The van der Waals surface area contributed by atoms with Crippen LogP contribution in [0.2, 0.25) is 0 Å². The van der Waals surface area contributed by atoms with Gasteiger partial charge in [-0.3, -0.25) is 0 Å². The monoisotopic (exact) mass is 253 g/mol. The van der Waals surface area contributed by atoms with Crippen molar-refractivity contribution in [3.63, 3.8) is 0 Å². The average Bonchev–Trinajstić information content (AvgIpc) is 2.68. The van der Waals surface area contributed by atoms with Crippen LogP contribution >= 0.6 is 11.3 Å². The van der Waals surface area contributed by atoms with Crippen LogP contribution in [0, 0.1) is 12.8 Å². The summed E-state index contributed by atoms with van der Waals surface area (Å²) in [6.07, 6.45) is 6.90. The third-order valence-corrected chi connectivity index (χ3v) is 3.98. The van der Waals surface area contributed by atoms with E-state index in [1.165, 1.54) is 48.4 Å². The van der Waals surface area contributed by atoms with Crippen LogP contribution in [-0.2, 0) is 6.54 Å². The Kier molecular flexibility index (Phi) is 7.54. The maximum Gasteiger partial charge on any atom is 0.0299 e. The van der Waals surface area contributed by atoms with Crippen molar-refractivity contribution in [1.82, 2.24) is 5.32 Å². The molecule has 1 heterocycles. The Balaban J connectivity index is 1.88. The molecule has 0 unspecified atom stereocenters. The molecule has 0 amide bonds. The summed E-state index contributed by atoms with van der Waals surface area (Å²) in [5, 5.41) is 3.53. The van der Waals surface area contributed by atoms with Crippen LogP contribution in [0.25, 0.3) is 0 Å². The van der Waals surface area contributed by atoms with Crippen LogP contribution in [0.1, 0.15) is 55.7 Å². The van der Waals surface area contributed by atoms with E-state index in [4.69, 9.17) is 0 Å². The van der Waals surface area contributed by atoms with E-state index in [9.17, 15) is 0 Å². The number of nitrogens with one attached hydrogen (secondary N) is 1. The summed E-state index contributed by atoms with van der Waals surface area (Å²) in [7, 11) is 0. The molecule has 98 valence electrons. The molecular weight excluding hydrogens is 226 g/mol. The van der Waals surface area contributed by atoms with Gasteiger partial charge in [0.05, 0.1) is 0 Å². The van der Waals surface area contributed by atoms with Crippen molar-refractivity contribution in [3.8, 4) is 0 Å². The number of hydrogen-bond donors (Lipinski definition) is 1. The standard InChI is InChI=1S/C15H27NS/c1-13(2)8-6-4-5-7-11-16-12-15-10-9-14(3)17-15/h9-10,13,16H,4-8,11-12H2,1-3H3. The molecule has 0 aliphatic carbocycles. The van der Waals surface area contributed by atoms with Crippen LogP contribution in [0.5, 0.6) is 0 Å². The van der Waals surface area contributed by atoms with Gasteiger partial charge in [-0.2, -0.15) is 0 Å². The van der Waals surface area contributed by atoms with Crippen molar-refractivity contribution in [3.05, 3.63) is 21.9 Å². The number of unbranched alkanes of at least 4 members (excludes halogenated alkanes) is 3. The minimum Gasteiger partial charge on any atom is -0.312 e. The molecular formula is C15H27NS. The van der Waals surface area contributed by atoms with E-state index in [0.29, 0.717) is 0 Å². The topological polar surface area (TPSA) is 12.0 Å². The Morgan fingerprint density at radius 2 is 1.88 bits per heavy atom. The highest BCUT2D eigenvalue weighted by molar-refractivity contribution is 7.11. The molecule has 1 aromatic rings. The maximum atomic E-state index is 3.53. The van der Waals surface area contributed by atoms with E-state index < -0.39 is 0 Å². The van der Waals surface area contributed by atoms with Gasteiger partial charge in [-0.05, 0) is 37.9 Å². The summed E-state index contributed by atoms with van der Waals surface area (Å²) >= 11 is 1.90. The van der Waals surface area contributed by atoms with Gasteiger partial charge in [0.2, 0.25) is 0 Å². The molecule has 0 bridgehead atoms. The normalized spacial score (nSPS) is 11.3. The summed E-state index contributed by atoms with van der Waals surface area (Å²) in [5.41, 5.74) is 0. The lowest BCUT2D eigenvalue weighted by Gasteiger charge is -2.05. The molecule has 1 nitrogen and oxygen atoms in total. The summed E-state index contributed by atoms with van der Waals surface area (Å²) in [5.74, 6) is 0.871. The second-order valence-corrected chi connectivity index (χ2v) is 6.66. The largest absolute Gasteiger partial charge is 0.312 e. The number of hydrogen-bond acceptors (Lipinski definition) is 2. The third-order valence-electron chi connectivity index (χ3n) is 2.98. The molecule has 0 fully saturated rings.